The molecule has 1 amide bonds. The highest BCUT2D eigenvalue weighted by Gasteiger charge is 2.52. The minimum absolute atomic E-state index is 0.0521. The van der Waals surface area contributed by atoms with Crippen LogP contribution in [0.25, 0.3) is 0 Å². The number of nitrogens with zero attached hydrogens (tertiary/aromatic N) is 2. The van der Waals surface area contributed by atoms with Gasteiger partial charge in [0.25, 0.3) is 5.91 Å². The quantitative estimate of drug-likeness (QED) is 0.685. The van der Waals surface area contributed by atoms with Crippen molar-refractivity contribution < 1.29 is 4.79 Å². The van der Waals surface area contributed by atoms with Gasteiger partial charge in [-0.15, -0.1) is 0 Å². The molecule has 29 heavy (non-hydrogen) atoms. The van der Waals surface area contributed by atoms with Crippen LogP contribution in [0, 0.1) is 11.3 Å². The molecule has 0 aliphatic heterocycles. The molecule has 4 aliphatic rings. The van der Waals surface area contributed by atoms with Crippen LogP contribution in [-0.4, -0.2) is 21.7 Å². The molecule has 2 bridgehead atoms. The lowest BCUT2D eigenvalue weighted by molar-refractivity contribution is 0.0905. The van der Waals surface area contributed by atoms with Crippen molar-refractivity contribution in [2.45, 2.75) is 109 Å². The molecular formula is C25H37N3O. The number of hydrogen-bond donors (Lipinski definition) is 1. The highest BCUT2D eigenvalue weighted by Crippen LogP contribution is 2.56. The van der Waals surface area contributed by atoms with Crippen LogP contribution in [0.4, 0.5) is 0 Å². The second kappa shape index (κ2) is 7.59. The fourth-order valence-electron chi connectivity index (χ4n) is 6.79. The number of carbonyl (C=O) groups excluding carboxylic acids is 1. The van der Waals surface area contributed by atoms with E-state index in [2.05, 4.69) is 23.5 Å². The van der Waals surface area contributed by atoms with E-state index in [9.17, 15) is 4.79 Å². The minimum atomic E-state index is 0.0521. The third-order valence-electron chi connectivity index (χ3n) is 8.49. The fraction of sp³-hybridized carbons (Fsp3) is 0.760. The number of rotatable bonds is 3. The SMILES string of the molecule is C=C1C2CCC(C)(C2)C1NC(=O)c1nn(C2CCCCC2)c2c1CCCCCC2. The van der Waals surface area contributed by atoms with Gasteiger partial charge in [0.05, 0.1) is 12.1 Å². The first kappa shape index (κ1) is 19.4. The van der Waals surface area contributed by atoms with Crippen molar-refractivity contribution in [1.82, 2.24) is 15.1 Å². The topological polar surface area (TPSA) is 46.9 Å². The van der Waals surface area contributed by atoms with E-state index < -0.39 is 0 Å². The zero-order valence-corrected chi connectivity index (χ0v) is 18.1. The van der Waals surface area contributed by atoms with Crippen LogP contribution in [-0.2, 0) is 12.8 Å². The Kier molecular flexibility index (Phi) is 5.08. The molecule has 1 aromatic rings. The predicted molar refractivity (Wildman–Crippen MR) is 116 cm³/mol. The molecular weight excluding hydrogens is 358 g/mol. The van der Waals surface area contributed by atoms with E-state index in [4.69, 9.17) is 5.10 Å². The maximum atomic E-state index is 13.5. The summed E-state index contributed by atoms with van der Waals surface area (Å²) in [6, 6.07) is 0.617. The number of aromatic nitrogens is 2. The Balaban J connectivity index is 1.45. The molecule has 4 nitrogen and oxygen atoms in total. The van der Waals surface area contributed by atoms with Crippen LogP contribution in [0.2, 0.25) is 0 Å². The van der Waals surface area contributed by atoms with Crippen LogP contribution < -0.4 is 5.32 Å². The van der Waals surface area contributed by atoms with E-state index in [0.717, 1.165) is 18.5 Å². The van der Waals surface area contributed by atoms with Crippen molar-refractivity contribution in [3.8, 4) is 0 Å². The molecule has 0 radical (unpaired) electrons. The summed E-state index contributed by atoms with van der Waals surface area (Å²) in [4.78, 5) is 13.5. The highest BCUT2D eigenvalue weighted by atomic mass is 16.2. The molecule has 3 saturated carbocycles. The lowest BCUT2D eigenvalue weighted by Crippen LogP contribution is -2.45. The van der Waals surface area contributed by atoms with Crippen molar-refractivity contribution >= 4 is 5.91 Å². The Morgan fingerprint density at radius 2 is 1.79 bits per heavy atom. The average Bonchev–Trinajstić information content (AvgIpc) is 3.33. The van der Waals surface area contributed by atoms with Crippen molar-refractivity contribution in [3.63, 3.8) is 0 Å². The first-order valence-electron chi connectivity index (χ1n) is 12.2. The summed E-state index contributed by atoms with van der Waals surface area (Å²) in [6.45, 7) is 6.70. The number of fused-ring (bicyclic) bond motifs is 3. The van der Waals surface area contributed by atoms with Gasteiger partial charge in [0.1, 0.15) is 0 Å². The lowest BCUT2D eigenvalue weighted by Gasteiger charge is -2.33. The number of hydrogen-bond acceptors (Lipinski definition) is 2. The highest BCUT2D eigenvalue weighted by molar-refractivity contribution is 5.94. The Morgan fingerprint density at radius 1 is 1.07 bits per heavy atom. The van der Waals surface area contributed by atoms with E-state index in [1.165, 1.54) is 93.9 Å². The van der Waals surface area contributed by atoms with Crippen LogP contribution in [0.1, 0.15) is 112 Å². The van der Waals surface area contributed by atoms with Gasteiger partial charge in [-0.05, 0) is 69.1 Å². The standard InChI is InChI=1S/C25H37N3O/c1-17-18-14-15-25(2,16-18)23(17)26-24(29)22-20-12-8-3-4-9-13-21(20)28(27-22)19-10-6-5-7-11-19/h18-19,23H,1,3-16H2,2H3,(H,26,29). The monoisotopic (exact) mass is 395 g/mol. The summed E-state index contributed by atoms with van der Waals surface area (Å²) in [7, 11) is 0. The maximum absolute atomic E-state index is 13.5. The molecule has 3 unspecified atom stereocenters. The Labute approximate surface area is 175 Å². The average molecular weight is 396 g/mol. The molecule has 0 aromatic carbocycles. The summed E-state index contributed by atoms with van der Waals surface area (Å²) >= 11 is 0. The summed E-state index contributed by atoms with van der Waals surface area (Å²) in [5.74, 6) is 0.655. The van der Waals surface area contributed by atoms with Gasteiger partial charge in [-0.3, -0.25) is 9.48 Å². The van der Waals surface area contributed by atoms with Gasteiger partial charge in [-0.1, -0.05) is 51.2 Å². The summed E-state index contributed by atoms with van der Waals surface area (Å²) in [5.41, 5.74) is 4.80. The molecule has 3 atom stereocenters. The van der Waals surface area contributed by atoms with Crippen LogP contribution in [0.3, 0.4) is 0 Å². The molecule has 158 valence electrons. The molecule has 4 aliphatic carbocycles. The molecule has 0 saturated heterocycles. The predicted octanol–water partition coefficient (Wildman–Crippen LogP) is 5.52. The van der Waals surface area contributed by atoms with Crippen LogP contribution in [0.15, 0.2) is 12.2 Å². The summed E-state index contributed by atoms with van der Waals surface area (Å²) in [5, 5.41) is 8.43. The van der Waals surface area contributed by atoms with Gasteiger partial charge in [-0.25, -0.2) is 0 Å². The maximum Gasteiger partial charge on any atom is 0.272 e. The van der Waals surface area contributed by atoms with Gasteiger partial charge < -0.3 is 5.32 Å². The van der Waals surface area contributed by atoms with Gasteiger partial charge in [-0.2, -0.15) is 5.10 Å². The zero-order valence-electron chi connectivity index (χ0n) is 18.1. The minimum Gasteiger partial charge on any atom is -0.344 e. The number of amides is 1. The van der Waals surface area contributed by atoms with Crippen molar-refractivity contribution in [2.24, 2.45) is 11.3 Å². The number of nitrogens with one attached hydrogen (secondary N) is 1. The normalized spacial score (nSPS) is 32.7. The third kappa shape index (κ3) is 3.37. The van der Waals surface area contributed by atoms with Gasteiger partial charge in [0.15, 0.2) is 5.69 Å². The van der Waals surface area contributed by atoms with E-state index in [0.29, 0.717) is 12.0 Å². The smallest absolute Gasteiger partial charge is 0.272 e. The Hall–Kier alpha value is -1.58. The third-order valence-corrected chi connectivity index (χ3v) is 8.49. The number of carbonyl (C=O) groups is 1. The second-order valence-electron chi connectivity index (χ2n) is 10.5. The summed E-state index contributed by atoms with van der Waals surface area (Å²) < 4.78 is 2.30. The second-order valence-corrected chi connectivity index (χ2v) is 10.5. The van der Waals surface area contributed by atoms with E-state index in [1.807, 2.05) is 0 Å². The molecule has 1 heterocycles. The molecule has 0 spiro atoms. The first-order valence-corrected chi connectivity index (χ1v) is 12.2. The molecule has 4 heteroatoms. The van der Waals surface area contributed by atoms with Gasteiger partial charge >= 0.3 is 0 Å². The Bertz CT molecular complexity index is 803. The fourth-order valence-corrected chi connectivity index (χ4v) is 6.79. The van der Waals surface area contributed by atoms with Crippen LogP contribution >= 0.6 is 0 Å². The molecule has 1 aromatic heterocycles. The summed E-state index contributed by atoms with van der Waals surface area (Å²) in [6.07, 6.45) is 17.1. The van der Waals surface area contributed by atoms with Crippen molar-refractivity contribution in [3.05, 3.63) is 29.1 Å². The van der Waals surface area contributed by atoms with E-state index >= 15 is 0 Å². The first-order chi connectivity index (χ1) is 14.1. The van der Waals surface area contributed by atoms with E-state index in [1.54, 1.807) is 0 Å². The molecule has 3 fully saturated rings. The van der Waals surface area contributed by atoms with Crippen molar-refractivity contribution in [1.29, 1.82) is 0 Å². The van der Waals surface area contributed by atoms with Crippen LogP contribution in [0.5, 0.6) is 0 Å². The van der Waals surface area contributed by atoms with Gasteiger partial charge in [0, 0.05) is 11.3 Å². The molecule has 1 N–H and O–H groups in total. The molecule has 5 rings (SSSR count). The van der Waals surface area contributed by atoms with Gasteiger partial charge in [0.2, 0.25) is 0 Å². The largest absolute Gasteiger partial charge is 0.344 e. The Morgan fingerprint density at radius 3 is 2.52 bits per heavy atom. The lowest BCUT2D eigenvalue weighted by atomic mass is 9.80. The zero-order chi connectivity index (χ0) is 20.0. The van der Waals surface area contributed by atoms with E-state index in [-0.39, 0.29) is 17.4 Å². The van der Waals surface area contributed by atoms with Crippen molar-refractivity contribution in [2.75, 3.05) is 0 Å².